The Morgan fingerprint density at radius 1 is 1.11 bits per heavy atom. The number of carbonyl (C=O) groups excluding carboxylic acids is 1. The average molecular weight is 658 g/mol. The molecule has 2 atom stereocenters. The van der Waals surface area contributed by atoms with Gasteiger partial charge in [0, 0.05) is 36.3 Å². The van der Waals surface area contributed by atoms with Crippen LogP contribution in [0.2, 0.25) is 5.02 Å². The summed E-state index contributed by atoms with van der Waals surface area (Å²) < 4.78 is 94.5. The maximum Gasteiger partial charge on any atom is 0.429 e. The molecule has 0 saturated carbocycles. The summed E-state index contributed by atoms with van der Waals surface area (Å²) in [6.07, 6.45) is -10.4. The monoisotopic (exact) mass is 657 g/mol. The number of hydrogen-bond acceptors (Lipinski definition) is 8. The predicted octanol–water partition coefficient (Wildman–Crippen LogP) is 6.59. The number of nitrogens with two attached hydrogens (primary N) is 1. The topological polar surface area (TPSA) is 103 Å². The highest BCUT2D eigenvalue weighted by Gasteiger charge is 2.46. The van der Waals surface area contributed by atoms with Crippen molar-refractivity contribution in [2.45, 2.75) is 50.7 Å². The fourth-order valence-corrected chi connectivity index (χ4v) is 6.04. The summed E-state index contributed by atoms with van der Waals surface area (Å²) in [4.78, 5) is 22.1. The molecule has 3 aromatic rings. The molecule has 2 fully saturated rings. The molecule has 5 rings (SSSR count). The summed E-state index contributed by atoms with van der Waals surface area (Å²) in [5, 5.41) is 3.25. The molecule has 2 aliphatic rings. The molecular formula is C30H30ClF6N5O3. The predicted molar refractivity (Wildman–Crippen MR) is 155 cm³/mol. The van der Waals surface area contributed by atoms with Gasteiger partial charge in [-0.1, -0.05) is 29.8 Å². The van der Waals surface area contributed by atoms with Gasteiger partial charge in [-0.3, -0.25) is 4.79 Å². The molecule has 0 amide bonds. The number of hydrogen-bond donors (Lipinski definition) is 2. The maximum absolute atomic E-state index is 14.6. The first-order chi connectivity index (χ1) is 21.2. The minimum atomic E-state index is -5.01. The zero-order chi connectivity index (χ0) is 32.6. The molecule has 0 bridgehead atoms. The van der Waals surface area contributed by atoms with E-state index in [0.29, 0.717) is 38.9 Å². The number of benzene rings is 2. The molecule has 242 valence electrons. The smallest absolute Gasteiger partial charge is 0.429 e. The number of ether oxygens (including phenoxy) is 2. The van der Waals surface area contributed by atoms with E-state index in [0.717, 1.165) is 30.3 Å². The molecule has 2 aliphatic heterocycles. The van der Waals surface area contributed by atoms with Crippen LogP contribution in [0.5, 0.6) is 5.88 Å². The summed E-state index contributed by atoms with van der Waals surface area (Å²) >= 11 is 6.07. The van der Waals surface area contributed by atoms with Gasteiger partial charge in [0.15, 0.2) is 0 Å². The summed E-state index contributed by atoms with van der Waals surface area (Å²) in [5.74, 6) is -0.813. The SMILES string of the molecule is CCOC(=O)[C@@H]1CC2(CCN(c3cc(O[C@H](c4ccc(Cl)cc4-c4cccc(C(F)(F)F)c4)C(F)(F)F)nc(N)n3)CC2)CN1. The third-order valence-corrected chi connectivity index (χ3v) is 8.36. The molecule has 1 aromatic heterocycles. The molecule has 8 nitrogen and oxygen atoms in total. The fraction of sp³-hybridized carbons (Fsp3) is 0.433. The summed E-state index contributed by atoms with van der Waals surface area (Å²) in [6.45, 7) is 3.65. The van der Waals surface area contributed by atoms with E-state index in [2.05, 4.69) is 15.3 Å². The van der Waals surface area contributed by atoms with Crippen molar-refractivity contribution in [3.05, 3.63) is 64.7 Å². The first-order valence-corrected chi connectivity index (χ1v) is 14.6. The highest BCUT2D eigenvalue weighted by Crippen LogP contribution is 2.44. The number of halogens is 7. The van der Waals surface area contributed by atoms with Gasteiger partial charge in [0.25, 0.3) is 0 Å². The maximum atomic E-state index is 14.6. The number of aromatic nitrogens is 2. The molecule has 0 unspecified atom stereocenters. The second-order valence-corrected chi connectivity index (χ2v) is 11.6. The van der Waals surface area contributed by atoms with E-state index < -0.39 is 35.5 Å². The number of nitrogens with one attached hydrogen (secondary N) is 1. The van der Waals surface area contributed by atoms with Crippen molar-refractivity contribution in [3.63, 3.8) is 0 Å². The van der Waals surface area contributed by atoms with Gasteiger partial charge in [-0.15, -0.1) is 0 Å². The minimum absolute atomic E-state index is 0.0227. The number of carbonyl (C=O) groups is 1. The number of piperidine rings is 1. The van der Waals surface area contributed by atoms with E-state index in [4.69, 9.17) is 26.8 Å². The first-order valence-electron chi connectivity index (χ1n) is 14.2. The highest BCUT2D eigenvalue weighted by molar-refractivity contribution is 6.30. The van der Waals surface area contributed by atoms with E-state index in [9.17, 15) is 31.1 Å². The normalized spacial score (nSPS) is 19.0. The highest BCUT2D eigenvalue weighted by atomic mass is 35.5. The van der Waals surface area contributed by atoms with Crippen LogP contribution in [0.4, 0.5) is 38.1 Å². The van der Waals surface area contributed by atoms with Gasteiger partial charge in [-0.2, -0.15) is 36.3 Å². The van der Waals surface area contributed by atoms with Crippen molar-refractivity contribution < 1.29 is 40.6 Å². The second kappa shape index (κ2) is 12.5. The third kappa shape index (κ3) is 7.38. The Kier molecular flexibility index (Phi) is 9.09. The number of rotatable bonds is 7. The Morgan fingerprint density at radius 3 is 2.51 bits per heavy atom. The molecule has 3 heterocycles. The Morgan fingerprint density at radius 2 is 1.84 bits per heavy atom. The van der Waals surface area contributed by atoms with E-state index in [1.165, 1.54) is 18.2 Å². The van der Waals surface area contributed by atoms with Gasteiger partial charge >= 0.3 is 18.3 Å². The summed E-state index contributed by atoms with van der Waals surface area (Å²) in [6, 6.07) is 8.21. The quantitative estimate of drug-likeness (QED) is 0.217. The van der Waals surface area contributed by atoms with E-state index in [1.54, 1.807) is 6.92 Å². The fourth-order valence-electron chi connectivity index (χ4n) is 5.87. The number of esters is 1. The zero-order valence-electron chi connectivity index (χ0n) is 24.0. The van der Waals surface area contributed by atoms with Crippen LogP contribution in [0, 0.1) is 5.41 Å². The van der Waals surface area contributed by atoms with E-state index in [-0.39, 0.29) is 51.9 Å². The lowest BCUT2D eigenvalue weighted by molar-refractivity contribution is -0.198. The lowest BCUT2D eigenvalue weighted by Gasteiger charge is -2.39. The van der Waals surface area contributed by atoms with Crippen LogP contribution in [0.1, 0.15) is 43.4 Å². The van der Waals surface area contributed by atoms with Gasteiger partial charge in [0.1, 0.15) is 11.9 Å². The molecule has 15 heteroatoms. The van der Waals surface area contributed by atoms with Crippen LogP contribution in [0.15, 0.2) is 48.5 Å². The Hall–Kier alpha value is -3.78. The summed E-state index contributed by atoms with van der Waals surface area (Å²) in [7, 11) is 0. The van der Waals surface area contributed by atoms with Crippen molar-refractivity contribution >= 4 is 29.3 Å². The Balaban J connectivity index is 1.40. The molecular weight excluding hydrogens is 628 g/mol. The minimum Gasteiger partial charge on any atom is -0.465 e. The molecule has 2 saturated heterocycles. The van der Waals surface area contributed by atoms with Crippen molar-refractivity contribution in [2.24, 2.45) is 5.41 Å². The van der Waals surface area contributed by atoms with Gasteiger partial charge in [0.05, 0.1) is 12.2 Å². The van der Waals surface area contributed by atoms with Crippen molar-refractivity contribution in [2.75, 3.05) is 36.9 Å². The van der Waals surface area contributed by atoms with Gasteiger partial charge in [-0.25, -0.2) is 0 Å². The molecule has 45 heavy (non-hydrogen) atoms. The number of alkyl halides is 6. The van der Waals surface area contributed by atoms with Crippen molar-refractivity contribution in [1.82, 2.24) is 15.3 Å². The Labute approximate surface area is 259 Å². The molecule has 1 spiro atoms. The van der Waals surface area contributed by atoms with Crippen LogP contribution in [0.25, 0.3) is 11.1 Å². The zero-order valence-corrected chi connectivity index (χ0v) is 24.8. The standard InChI is InChI=1S/C30H30ClF6N5O3/c1-2-44-26(43)22-15-28(16-39-22)8-10-42(11-9-28)23-14-24(41-27(38)40-23)45-25(30(35,36)37)20-7-6-19(31)13-21(20)17-4-3-5-18(12-17)29(32,33)34/h3-7,12-14,22,25,39H,2,8-11,15-16H2,1H3,(H2,38,40,41)/t22-,25+/m0/s1. The van der Waals surface area contributed by atoms with Gasteiger partial charge in [-0.05, 0) is 67.0 Å². The third-order valence-electron chi connectivity index (χ3n) is 8.12. The lowest BCUT2D eigenvalue weighted by Crippen LogP contribution is -2.41. The summed E-state index contributed by atoms with van der Waals surface area (Å²) in [5.41, 5.74) is 3.94. The van der Waals surface area contributed by atoms with Crippen LogP contribution < -0.4 is 20.7 Å². The van der Waals surface area contributed by atoms with Crippen LogP contribution in [-0.2, 0) is 15.7 Å². The van der Waals surface area contributed by atoms with Gasteiger partial charge < -0.3 is 25.4 Å². The number of anilines is 2. The van der Waals surface area contributed by atoms with Crippen molar-refractivity contribution in [3.8, 4) is 17.0 Å². The average Bonchev–Trinajstić information content (AvgIpc) is 3.39. The van der Waals surface area contributed by atoms with Crippen LogP contribution >= 0.6 is 11.6 Å². The van der Waals surface area contributed by atoms with E-state index in [1.807, 2.05) is 4.90 Å². The van der Waals surface area contributed by atoms with Crippen molar-refractivity contribution in [1.29, 1.82) is 0 Å². The van der Waals surface area contributed by atoms with E-state index >= 15 is 0 Å². The number of nitrogen functional groups attached to an aromatic ring is 1. The van der Waals surface area contributed by atoms with Crippen LogP contribution in [-0.4, -0.2) is 54.4 Å². The Bertz CT molecular complexity index is 1550. The van der Waals surface area contributed by atoms with Crippen LogP contribution in [0.3, 0.4) is 0 Å². The largest absolute Gasteiger partial charge is 0.465 e. The molecule has 0 aliphatic carbocycles. The molecule has 3 N–H and O–H groups in total. The molecule has 2 aromatic carbocycles. The lowest BCUT2D eigenvalue weighted by atomic mass is 9.76. The van der Waals surface area contributed by atoms with Gasteiger partial charge in [0.2, 0.25) is 17.9 Å². The second-order valence-electron chi connectivity index (χ2n) is 11.1. The first kappa shape index (κ1) is 32.6. The molecule has 0 radical (unpaired) electrons. The number of nitrogens with zero attached hydrogens (tertiary/aromatic N) is 3.